The molecule has 2 N–H and O–H groups in total. The first-order chi connectivity index (χ1) is 13.9. The van der Waals surface area contributed by atoms with Crippen LogP contribution in [0.25, 0.3) is 21.9 Å². The third kappa shape index (κ3) is 3.44. The van der Waals surface area contributed by atoms with Gasteiger partial charge in [-0.2, -0.15) is 0 Å². The van der Waals surface area contributed by atoms with E-state index in [4.69, 9.17) is 4.42 Å². The molecule has 4 amide bonds. The predicted octanol–water partition coefficient (Wildman–Crippen LogP) is 4.03. The number of unbranched alkanes of at least 4 members (excludes halogenated alkanes) is 1. The second-order valence-electron chi connectivity index (χ2n) is 7.61. The Balaban J connectivity index is 1.49. The van der Waals surface area contributed by atoms with E-state index in [2.05, 4.69) is 10.6 Å². The zero-order valence-corrected chi connectivity index (χ0v) is 16.5. The highest BCUT2D eigenvalue weighted by atomic mass is 16.3. The maximum Gasteiger partial charge on any atom is 0.325 e. The number of imide groups is 1. The van der Waals surface area contributed by atoms with Crippen molar-refractivity contribution >= 4 is 45.5 Å². The smallest absolute Gasteiger partial charge is 0.325 e. The Hall–Kier alpha value is -3.35. The standard InChI is InChI=1S/C22H23N3O4/c1-3-4-11-22(2)20(27)25(21(28)24-22)13-19(26)23-14-9-10-18-16(12-14)15-7-5-6-8-17(15)29-18/h5-10,12H,3-4,11,13H2,1-2H3,(H,23,26)(H,24,28)/t22-/m0/s1. The van der Waals surface area contributed by atoms with Gasteiger partial charge in [-0.25, -0.2) is 4.79 Å². The molecule has 1 atom stereocenters. The second kappa shape index (κ2) is 7.24. The van der Waals surface area contributed by atoms with Crippen LogP contribution < -0.4 is 10.6 Å². The summed E-state index contributed by atoms with van der Waals surface area (Å²) in [5, 5.41) is 7.34. The third-order valence-electron chi connectivity index (χ3n) is 5.34. The van der Waals surface area contributed by atoms with Crippen LogP contribution in [0.15, 0.2) is 46.9 Å². The maximum atomic E-state index is 12.7. The number of benzene rings is 2. The van der Waals surface area contributed by atoms with Gasteiger partial charge in [-0.1, -0.05) is 38.0 Å². The largest absolute Gasteiger partial charge is 0.456 e. The van der Waals surface area contributed by atoms with Crippen molar-refractivity contribution in [3.63, 3.8) is 0 Å². The van der Waals surface area contributed by atoms with Crippen LogP contribution in [-0.2, 0) is 9.59 Å². The van der Waals surface area contributed by atoms with Gasteiger partial charge in [0.15, 0.2) is 0 Å². The van der Waals surface area contributed by atoms with E-state index in [0.717, 1.165) is 39.7 Å². The van der Waals surface area contributed by atoms with Gasteiger partial charge in [0.25, 0.3) is 5.91 Å². The molecule has 7 heteroatoms. The van der Waals surface area contributed by atoms with E-state index in [0.29, 0.717) is 12.1 Å². The molecule has 29 heavy (non-hydrogen) atoms. The number of furan rings is 1. The van der Waals surface area contributed by atoms with Gasteiger partial charge >= 0.3 is 6.03 Å². The Morgan fingerprint density at radius 2 is 1.90 bits per heavy atom. The summed E-state index contributed by atoms with van der Waals surface area (Å²) >= 11 is 0. The van der Waals surface area contributed by atoms with Crippen molar-refractivity contribution in [1.82, 2.24) is 10.2 Å². The van der Waals surface area contributed by atoms with Gasteiger partial charge in [0.1, 0.15) is 23.2 Å². The second-order valence-corrected chi connectivity index (χ2v) is 7.61. The van der Waals surface area contributed by atoms with Crippen molar-refractivity contribution < 1.29 is 18.8 Å². The number of hydrogen-bond donors (Lipinski definition) is 2. The Kier molecular flexibility index (Phi) is 4.74. The third-order valence-corrected chi connectivity index (χ3v) is 5.34. The van der Waals surface area contributed by atoms with Gasteiger partial charge < -0.3 is 15.1 Å². The molecule has 1 fully saturated rings. The molecular formula is C22H23N3O4. The van der Waals surface area contributed by atoms with Crippen LogP contribution in [-0.4, -0.2) is 34.8 Å². The number of urea groups is 1. The van der Waals surface area contributed by atoms with Crippen LogP contribution in [0.3, 0.4) is 0 Å². The number of para-hydroxylation sites is 1. The van der Waals surface area contributed by atoms with Crippen molar-refractivity contribution in [3.8, 4) is 0 Å². The number of fused-ring (bicyclic) bond motifs is 3. The molecule has 0 bridgehead atoms. The lowest BCUT2D eigenvalue weighted by Crippen LogP contribution is -2.44. The molecule has 0 radical (unpaired) electrons. The van der Waals surface area contributed by atoms with Crippen LogP contribution in [0.2, 0.25) is 0 Å². The van der Waals surface area contributed by atoms with Crippen molar-refractivity contribution in [2.24, 2.45) is 0 Å². The number of anilines is 1. The van der Waals surface area contributed by atoms with E-state index in [9.17, 15) is 14.4 Å². The first kappa shape index (κ1) is 19.0. The summed E-state index contributed by atoms with van der Waals surface area (Å²) in [6.45, 7) is 3.41. The number of amides is 4. The summed E-state index contributed by atoms with van der Waals surface area (Å²) in [6.07, 6.45) is 2.29. The van der Waals surface area contributed by atoms with Crippen molar-refractivity contribution in [3.05, 3.63) is 42.5 Å². The first-order valence-electron chi connectivity index (χ1n) is 9.76. The summed E-state index contributed by atoms with van der Waals surface area (Å²) in [5.74, 6) is -0.789. The van der Waals surface area contributed by atoms with Crippen LogP contribution in [0, 0.1) is 0 Å². The fourth-order valence-corrected chi connectivity index (χ4v) is 3.74. The molecule has 2 aromatic carbocycles. The van der Waals surface area contributed by atoms with Crippen molar-refractivity contribution in [2.45, 2.75) is 38.6 Å². The molecule has 150 valence electrons. The molecule has 0 spiro atoms. The number of nitrogens with one attached hydrogen (secondary N) is 2. The summed E-state index contributed by atoms with van der Waals surface area (Å²) in [4.78, 5) is 38.4. The van der Waals surface area contributed by atoms with Gasteiger partial charge in [0.2, 0.25) is 5.91 Å². The molecular weight excluding hydrogens is 370 g/mol. The molecule has 0 unspecified atom stereocenters. The summed E-state index contributed by atoms with van der Waals surface area (Å²) in [5.41, 5.74) is 1.14. The van der Waals surface area contributed by atoms with Crippen LogP contribution >= 0.6 is 0 Å². The van der Waals surface area contributed by atoms with E-state index in [-0.39, 0.29) is 12.5 Å². The van der Waals surface area contributed by atoms with E-state index >= 15 is 0 Å². The average Bonchev–Trinajstić information content (AvgIpc) is 3.17. The minimum absolute atomic E-state index is 0.323. The first-order valence-corrected chi connectivity index (χ1v) is 9.76. The van der Waals surface area contributed by atoms with Gasteiger partial charge in [0.05, 0.1) is 0 Å². The molecule has 0 aliphatic carbocycles. The highest BCUT2D eigenvalue weighted by Crippen LogP contribution is 2.30. The lowest BCUT2D eigenvalue weighted by molar-refractivity contribution is -0.133. The highest BCUT2D eigenvalue weighted by Gasteiger charge is 2.47. The van der Waals surface area contributed by atoms with Gasteiger partial charge in [0, 0.05) is 16.5 Å². The van der Waals surface area contributed by atoms with Gasteiger partial charge in [-0.15, -0.1) is 0 Å². The Bertz CT molecular complexity index is 1120. The monoisotopic (exact) mass is 393 g/mol. The molecule has 1 saturated heterocycles. The molecule has 1 aliphatic rings. The van der Waals surface area contributed by atoms with Crippen LogP contribution in [0.5, 0.6) is 0 Å². The van der Waals surface area contributed by atoms with Gasteiger partial charge in [-0.3, -0.25) is 14.5 Å². The predicted molar refractivity (Wildman–Crippen MR) is 111 cm³/mol. The lowest BCUT2D eigenvalue weighted by Gasteiger charge is -2.21. The van der Waals surface area contributed by atoms with Crippen molar-refractivity contribution in [2.75, 3.05) is 11.9 Å². The van der Waals surface area contributed by atoms with Gasteiger partial charge in [-0.05, 0) is 37.6 Å². The summed E-state index contributed by atoms with van der Waals surface area (Å²) in [6, 6.07) is 12.5. The van der Waals surface area contributed by atoms with E-state index in [1.807, 2.05) is 37.3 Å². The van der Waals surface area contributed by atoms with Crippen LogP contribution in [0.1, 0.15) is 33.1 Å². The quantitative estimate of drug-likeness (QED) is 0.619. The van der Waals surface area contributed by atoms with E-state index < -0.39 is 17.5 Å². The highest BCUT2D eigenvalue weighted by molar-refractivity contribution is 6.10. The number of carbonyl (C=O) groups excluding carboxylic acids is 3. The summed E-state index contributed by atoms with van der Waals surface area (Å²) < 4.78 is 5.78. The summed E-state index contributed by atoms with van der Waals surface area (Å²) in [7, 11) is 0. The molecule has 1 aliphatic heterocycles. The Morgan fingerprint density at radius 1 is 1.14 bits per heavy atom. The Labute approximate surface area is 168 Å². The van der Waals surface area contributed by atoms with Crippen molar-refractivity contribution in [1.29, 1.82) is 0 Å². The fraction of sp³-hybridized carbons (Fsp3) is 0.318. The zero-order valence-electron chi connectivity index (χ0n) is 16.5. The number of hydrogen-bond acceptors (Lipinski definition) is 4. The molecule has 2 heterocycles. The zero-order chi connectivity index (χ0) is 20.6. The van der Waals surface area contributed by atoms with E-state index in [1.165, 1.54) is 0 Å². The molecule has 7 nitrogen and oxygen atoms in total. The number of rotatable bonds is 6. The normalized spacial score (nSPS) is 19.2. The molecule has 1 aromatic heterocycles. The Morgan fingerprint density at radius 3 is 2.69 bits per heavy atom. The minimum atomic E-state index is -0.942. The SMILES string of the molecule is CCCC[C@]1(C)NC(=O)N(CC(=O)Nc2ccc3oc4ccccc4c3c2)C1=O. The maximum absolute atomic E-state index is 12.7. The lowest BCUT2D eigenvalue weighted by atomic mass is 9.95. The van der Waals surface area contributed by atoms with E-state index in [1.54, 1.807) is 19.1 Å². The molecule has 0 saturated carbocycles. The molecule has 3 aromatic rings. The fourth-order valence-electron chi connectivity index (χ4n) is 3.74. The molecule has 4 rings (SSSR count). The number of nitrogens with zero attached hydrogens (tertiary/aromatic N) is 1. The van der Waals surface area contributed by atoms with Crippen LogP contribution in [0.4, 0.5) is 10.5 Å². The minimum Gasteiger partial charge on any atom is -0.456 e. The topological polar surface area (TPSA) is 91.7 Å². The number of carbonyl (C=O) groups is 3. The average molecular weight is 393 g/mol.